The number of nitrogens with one attached hydrogen (secondary N) is 1. The zero-order valence-electron chi connectivity index (χ0n) is 9.97. The number of nitrogens with two attached hydrogens (primary N) is 1. The van der Waals surface area contributed by atoms with Gasteiger partial charge < -0.3 is 15.8 Å². The summed E-state index contributed by atoms with van der Waals surface area (Å²) >= 11 is 1.36. The van der Waals surface area contributed by atoms with E-state index in [2.05, 4.69) is 5.32 Å². The van der Waals surface area contributed by atoms with Crippen LogP contribution in [-0.2, 0) is 6.54 Å². The lowest BCUT2D eigenvalue weighted by Crippen LogP contribution is -2.21. The lowest BCUT2D eigenvalue weighted by Gasteiger charge is -2.04. The first-order valence-corrected chi connectivity index (χ1v) is 6.32. The average molecular weight is 262 g/mol. The van der Waals surface area contributed by atoms with Crippen LogP contribution in [-0.4, -0.2) is 13.0 Å². The fourth-order valence-electron chi connectivity index (χ4n) is 1.52. The summed E-state index contributed by atoms with van der Waals surface area (Å²) in [6.45, 7) is 0.462. The van der Waals surface area contributed by atoms with E-state index >= 15 is 0 Å². The van der Waals surface area contributed by atoms with Gasteiger partial charge in [0.2, 0.25) is 0 Å². The number of hydrogen-bond acceptors (Lipinski definition) is 4. The van der Waals surface area contributed by atoms with Crippen LogP contribution in [0.5, 0.6) is 5.75 Å². The highest BCUT2D eigenvalue weighted by molar-refractivity contribution is 7.12. The van der Waals surface area contributed by atoms with Crippen molar-refractivity contribution in [3.05, 3.63) is 46.2 Å². The molecule has 1 aromatic heterocycles. The summed E-state index contributed by atoms with van der Waals surface area (Å²) in [5, 5.41) is 4.64. The first-order chi connectivity index (χ1) is 8.69. The van der Waals surface area contributed by atoms with Gasteiger partial charge in [-0.3, -0.25) is 4.79 Å². The molecule has 1 amide bonds. The summed E-state index contributed by atoms with van der Waals surface area (Å²) < 4.78 is 5.04. The Morgan fingerprint density at radius 3 is 2.94 bits per heavy atom. The van der Waals surface area contributed by atoms with Crippen molar-refractivity contribution in [2.24, 2.45) is 0 Å². The second-order valence-electron chi connectivity index (χ2n) is 3.78. The van der Waals surface area contributed by atoms with Crippen molar-refractivity contribution in [3.63, 3.8) is 0 Å². The number of amides is 1. The average Bonchev–Trinajstić information content (AvgIpc) is 2.85. The van der Waals surface area contributed by atoms with E-state index in [1.807, 2.05) is 24.3 Å². The van der Waals surface area contributed by atoms with E-state index in [1.54, 1.807) is 18.6 Å². The molecule has 3 N–H and O–H groups in total. The zero-order valence-corrected chi connectivity index (χ0v) is 10.8. The molecule has 0 fully saturated rings. The maximum Gasteiger partial charge on any atom is 0.261 e. The Bertz CT molecular complexity index is 551. The number of nitrogen functional groups attached to an aromatic ring is 1. The van der Waals surface area contributed by atoms with Gasteiger partial charge in [-0.05, 0) is 17.7 Å². The van der Waals surface area contributed by atoms with Crippen LogP contribution in [0, 0.1) is 0 Å². The molecule has 1 heterocycles. The van der Waals surface area contributed by atoms with Crippen molar-refractivity contribution in [3.8, 4) is 5.75 Å². The molecule has 1 aromatic carbocycles. The molecule has 0 spiro atoms. The predicted molar refractivity (Wildman–Crippen MR) is 72.9 cm³/mol. The first kappa shape index (κ1) is 12.4. The smallest absolute Gasteiger partial charge is 0.261 e. The van der Waals surface area contributed by atoms with Gasteiger partial charge in [0.05, 0.1) is 12.0 Å². The molecule has 0 bridgehead atoms. The summed E-state index contributed by atoms with van der Waals surface area (Å²) in [6.07, 6.45) is 0. The molecule has 4 nitrogen and oxygen atoms in total. The second-order valence-corrected chi connectivity index (χ2v) is 4.69. The van der Waals surface area contributed by atoms with Crippen molar-refractivity contribution >= 4 is 22.9 Å². The second kappa shape index (κ2) is 5.55. The van der Waals surface area contributed by atoms with Gasteiger partial charge in [0.1, 0.15) is 5.75 Å². The largest absolute Gasteiger partial charge is 0.496 e. The molecule has 0 radical (unpaired) electrons. The minimum atomic E-state index is -0.106. The number of carbonyl (C=O) groups is 1. The summed E-state index contributed by atoms with van der Waals surface area (Å²) in [5.41, 5.74) is 7.34. The van der Waals surface area contributed by atoms with Gasteiger partial charge in [-0.1, -0.05) is 12.1 Å². The Morgan fingerprint density at radius 2 is 2.28 bits per heavy atom. The minimum Gasteiger partial charge on any atom is -0.496 e. The standard InChI is InChI=1S/C13H14N2O2S/c1-17-11-6-12(18-8-11)13(16)15-7-9-3-2-4-10(14)5-9/h2-6,8H,7,14H2,1H3,(H,15,16). The molecule has 2 aromatic rings. The van der Waals surface area contributed by atoms with Crippen LogP contribution in [0.2, 0.25) is 0 Å². The van der Waals surface area contributed by atoms with Gasteiger partial charge in [-0.15, -0.1) is 11.3 Å². The molecule has 2 rings (SSSR count). The fourth-order valence-corrected chi connectivity index (χ4v) is 2.29. The number of thiophene rings is 1. The SMILES string of the molecule is COc1csc(C(=O)NCc2cccc(N)c2)c1. The number of methoxy groups -OCH3 is 1. The van der Waals surface area contributed by atoms with Crippen molar-refractivity contribution in [2.75, 3.05) is 12.8 Å². The molecule has 18 heavy (non-hydrogen) atoms. The molecular weight excluding hydrogens is 248 g/mol. The van der Waals surface area contributed by atoms with E-state index in [4.69, 9.17) is 10.5 Å². The van der Waals surface area contributed by atoms with Crippen molar-refractivity contribution in [1.29, 1.82) is 0 Å². The van der Waals surface area contributed by atoms with Crippen molar-refractivity contribution < 1.29 is 9.53 Å². The van der Waals surface area contributed by atoms with Crippen LogP contribution in [0.25, 0.3) is 0 Å². The van der Waals surface area contributed by atoms with E-state index in [-0.39, 0.29) is 5.91 Å². The highest BCUT2D eigenvalue weighted by atomic mass is 32.1. The quantitative estimate of drug-likeness (QED) is 0.831. The number of hydrogen-bond donors (Lipinski definition) is 2. The van der Waals surface area contributed by atoms with E-state index in [0.29, 0.717) is 22.9 Å². The van der Waals surface area contributed by atoms with Crippen LogP contribution in [0.4, 0.5) is 5.69 Å². The number of rotatable bonds is 4. The lowest BCUT2D eigenvalue weighted by atomic mass is 10.2. The predicted octanol–water partition coefficient (Wildman–Crippen LogP) is 2.27. The van der Waals surface area contributed by atoms with E-state index in [1.165, 1.54) is 11.3 Å². The van der Waals surface area contributed by atoms with Gasteiger partial charge in [0.25, 0.3) is 5.91 Å². The molecule has 0 aliphatic rings. The van der Waals surface area contributed by atoms with Crippen molar-refractivity contribution in [1.82, 2.24) is 5.32 Å². The molecule has 0 atom stereocenters. The van der Waals surface area contributed by atoms with Crippen LogP contribution in [0.15, 0.2) is 35.7 Å². The van der Waals surface area contributed by atoms with E-state index in [9.17, 15) is 4.79 Å². The molecule has 0 aliphatic heterocycles. The maximum atomic E-state index is 11.8. The molecule has 5 heteroatoms. The Hall–Kier alpha value is -2.01. The molecular formula is C13H14N2O2S. The maximum absolute atomic E-state index is 11.8. The Kier molecular flexibility index (Phi) is 3.84. The van der Waals surface area contributed by atoms with E-state index in [0.717, 1.165) is 5.56 Å². The Balaban J connectivity index is 1.96. The summed E-state index contributed by atoms with van der Waals surface area (Å²) in [6, 6.07) is 9.17. The third-order valence-corrected chi connectivity index (χ3v) is 3.35. The third-order valence-electron chi connectivity index (χ3n) is 2.44. The third kappa shape index (κ3) is 3.01. The van der Waals surface area contributed by atoms with Gasteiger partial charge in [0.15, 0.2) is 0 Å². The van der Waals surface area contributed by atoms with Crippen LogP contribution >= 0.6 is 11.3 Å². The van der Waals surface area contributed by atoms with Crippen LogP contribution in [0.3, 0.4) is 0 Å². The molecule has 0 unspecified atom stereocenters. The molecule has 0 saturated carbocycles. The van der Waals surface area contributed by atoms with E-state index < -0.39 is 0 Å². The normalized spacial score (nSPS) is 10.1. The number of benzene rings is 1. The monoisotopic (exact) mass is 262 g/mol. The Labute approximate surface area is 109 Å². The molecule has 0 saturated heterocycles. The van der Waals surface area contributed by atoms with Gasteiger partial charge in [-0.2, -0.15) is 0 Å². The van der Waals surface area contributed by atoms with Crippen LogP contribution in [0.1, 0.15) is 15.2 Å². The van der Waals surface area contributed by atoms with Gasteiger partial charge in [0, 0.05) is 23.7 Å². The fraction of sp³-hybridized carbons (Fsp3) is 0.154. The highest BCUT2D eigenvalue weighted by Gasteiger charge is 2.08. The highest BCUT2D eigenvalue weighted by Crippen LogP contribution is 2.20. The zero-order chi connectivity index (χ0) is 13.0. The lowest BCUT2D eigenvalue weighted by molar-refractivity contribution is 0.0954. The van der Waals surface area contributed by atoms with Crippen LogP contribution < -0.4 is 15.8 Å². The number of ether oxygens (including phenoxy) is 1. The first-order valence-electron chi connectivity index (χ1n) is 5.44. The minimum absolute atomic E-state index is 0.106. The molecule has 0 aliphatic carbocycles. The molecule has 94 valence electrons. The van der Waals surface area contributed by atoms with Crippen molar-refractivity contribution in [2.45, 2.75) is 6.54 Å². The van der Waals surface area contributed by atoms with Gasteiger partial charge >= 0.3 is 0 Å². The van der Waals surface area contributed by atoms with Gasteiger partial charge in [-0.25, -0.2) is 0 Å². The summed E-state index contributed by atoms with van der Waals surface area (Å²) in [5.74, 6) is 0.597. The number of anilines is 1. The topological polar surface area (TPSA) is 64.3 Å². The number of carbonyl (C=O) groups excluding carboxylic acids is 1. The summed E-state index contributed by atoms with van der Waals surface area (Å²) in [7, 11) is 1.58. The summed E-state index contributed by atoms with van der Waals surface area (Å²) in [4.78, 5) is 12.5. The Morgan fingerprint density at radius 1 is 1.44 bits per heavy atom.